The fraction of sp³-hybridized carbons (Fsp3) is 0.536. The van der Waals surface area contributed by atoms with Gasteiger partial charge in [-0.3, -0.25) is 4.90 Å². The van der Waals surface area contributed by atoms with Crippen LogP contribution in [-0.2, 0) is 23.1 Å². The lowest BCUT2D eigenvalue weighted by Crippen LogP contribution is -2.33. The third kappa shape index (κ3) is 4.30. The number of nitrogens with zero attached hydrogens (tertiary/aromatic N) is 1. The Morgan fingerprint density at radius 3 is 2.61 bits per heavy atom. The molecule has 1 saturated heterocycles. The molecule has 1 aliphatic heterocycles. The van der Waals surface area contributed by atoms with Gasteiger partial charge in [0.1, 0.15) is 0 Å². The van der Waals surface area contributed by atoms with Crippen molar-refractivity contribution in [2.24, 2.45) is 11.8 Å². The van der Waals surface area contributed by atoms with E-state index in [2.05, 4.69) is 41.3 Å². The van der Waals surface area contributed by atoms with E-state index in [1.54, 1.807) is 11.1 Å². The Bertz CT molecular complexity index is 913. The molecule has 3 nitrogen and oxygen atoms in total. The molecule has 2 aromatic rings. The van der Waals surface area contributed by atoms with Crippen LogP contribution >= 0.6 is 0 Å². The molecular weight excluding hydrogens is 382 g/mol. The molecule has 3 aliphatic rings. The average molecular weight is 418 g/mol. The number of fused-ring (bicyclic) bond motifs is 2. The Balaban J connectivity index is 1.08. The van der Waals surface area contributed by atoms with E-state index in [9.17, 15) is 4.79 Å². The molecular formula is C28H35NO2. The van der Waals surface area contributed by atoms with Crippen LogP contribution in [0.2, 0.25) is 0 Å². The number of hydrogen-bond donors (Lipinski definition) is 0. The van der Waals surface area contributed by atoms with Crippen molar-refractivity contribution in [3.05, 3.63) is 70.8 Å². The number of esters is 1. The topological polar surface area (TPSA) is 29.5 Å². The highest BCUT2D eigenvalue weighted by Gasteiger charge is 2.55. The summed E-state index contributed by atoms with van der Waals surface area (Å²) >= 11 is 0. The minimum Gasteiger partial charge on any atom is -0.465 e. The van der Waals surface area contributed by atoms with E-state index < -0.39 is 0 Å². The van der Waals surface area contributed by atoms with Crippen molar-refractivity contribution in [2.45, 2.75) is 63.3 Å². The summed E-state index contributed by atoms with van der Waals surface area (Å²) in [7, 11) is 1.43. The van der Waals surface area contributed by atoms with Crippen molar-refractivity contribution in [1.82, 2.24) is 4.90 Å². The Morgan fingerprint density at radius 1 is 1.06 bits per heavy atom. The van der Waals surface area contributed by atoms with Gasteiger partial charge in [-0.1, -0.05) is 42.8 Å². The van der Waals surface area contributed by atoms with Gasteiger partial charge in [0, 0.05) is 6.54 Å². The second kappa shape index (κ2) is 8.78. The number of ether oxygens (including phenoxy) is 1. The summed E-state index contributed by atoms with van der Waals surface area (Å²) in [4.78, 5) is 14.2. The smallest absolute Gasteiger partial charge is 0.337 e. The molecule has 0 bridgehead atoms. The largest absolute Gasteiger partial charge is 0.465 e. The second-order valence-corrected chi connectivity index (χ2v) is 10.1. The summed E-state index contributed by atoms with van der Waals surface area (Å²) in [6, 6.07) is 17.1. The van der Waals surface area contributed by atoms with Crippen molar-refractivity contribution in [3.63, 3.8) is 0 Å². The molecule has 1 heterocycles. The van der Waals surface area contributed by atoms with Gasteiger partial charge < -0.3 is 4.74 Å². The lowest BCUT2D eigenvalue weighted by molar-refractivity contribution is 0.0600. The standard InChI is InChI=1S/C28H35NO2/c1-31-27(30)24-11-8-22(9-12-24)20-29-17-14-21(15-18-29)10-13-25-19-28(25)16-4-6-23-5-2-3-7-26(23)28/h2-3,5,7-9,11-12,21,25H,4,6,10,13-20H2,1H3. The van der Waals surface area contributed by atoms with Crippen molar-refractivity contribution in [1.29, 1.82) is 0 Å². The van der Waals surface area contributed by atoms with E-state index in [0.29, 0.717) is 11.0 Å². The summed E-state index contributed by atoms with van der Waals surface area (Å²) in [5, 5.41) is 0. The van der Waals surface area contributed by atoms with Crippen molar-refractivity contribution < 1.29 is 9.53 Å². The van der Waals surface area contributed by atoms with Gasteiger partial charge in [-0.2, -0.15) is 0 Å². The van der Waals surface area contributed by atoms with E-state index in [-0.39, 0.29) is 5.97 Å². The lowest BCUT2D eigenvalue weighted by Gasteiger charge is -2.32. The quantitative estimate of drug-likeness (QED) is 0.560. The van der Waals surface area contributed by atoms with Crippen LogP contribution in [0.1, 0.15) is 72.0 Å². The van der Waals surface area contributed by atoms with Crippen LogP contribution in [0.4, 0.5) is 0 Å². The molecule has 1 spiro atoms. The molecule has 3 heteroatoms. The molecule has 0 aromatic heterocycles. The summed E-state index contributed by atoms with van der Waals surface area (Å²) in [5.41, 5.74) is 5.78. The highest BCUT2D eigenvalue weighted by atomic mass is 16.5. The molecule has 0 radical (unpaired) electrons. The number of carbonyl (C=O) groups is 1. The lowest BCUT2D eigenvalue weighted by atomic mass is 9.77. The summed E-state index contributed by atoms with van der Waals surface area (Å²) < 4.78 is 4.79. The Labute approximate surface area is 186 Å². The van der Waals surface area contributed by atoms with Crippen LogP contribution in [0.3, 0.4) is 0 Å². The summed E-state index contributed by atoms with van der Waals surface area (Å²) in [5.74, 6) is 1.57. The zero-order valence-corrected chi connectivity index (χ0v) is 18.8. The number of carbonyl (C=O) groups excluding carboxylic acids is 1. The number of benzene rings is 2. The van der Waals surface area contributed by atoms with Gasteiger partial charge in [0.25, 0.3) is 0 Å². The van der Waals surface area contributed by atoms with Crippen LogP contribution in [0, 0.1) is 11.8 Å². The van der Waals surface area contributed by atoms with Gasteiger partial charge >= 0.3 is 5.97 Å². The fourth-order valence-corrected chi connectivity index (χ4v) is 6.34. The number of hydrogen-bond acceptors (Lipinski definition) is 3. The molecule has 164 valence electrons. The molecule has 5 rings (SSSR count). The van der Waals surface area contributed by atoms with E-state index in [4.69, 9.17) is 4.74 Å². The van der Waals surface area contributed by atoms with Gasteiger partial charge in [-0.25, -0.2) is 4.79 Å². The SMILES string of the molecule is COC(=O)c1ccc(CN2CCC(CCC3CC34CCCc3ccccc34)CC2)cc1. The first-order chi connectivity index (χ1) is 15.2. The van der Waals surface area contributed by atoms with E-state index in [0.717, 1.165) is 18.4 Å². The van der Waals surface area contributed by atoms with Gasteiger partial charge in [-0.15, -0.1) is 0 Å². The maximum atomic E-state index is 11.6. The maximum Gasteiger partial charge on any atom is 0.337 e. The van der Waals surface area contributed by atoms with Crippen LogP contribution in [0.25, 0.3) is 0 Å². The van der Waals surface area contributed by atoms with Crippen LogP contribution in [-0.4, -0.2) is 31.1 Å². The van der Waals surface area contributed by atoms with Crippen LogP contribution in [0.5, 0.6) is 0 Å². The zero-order valence-electron chi connectivity index (χ0n) is 18.8. The number of piperidine rings is 1. The molecule has 0 amide bonds. The van der Waals surface area contributed by atoms with Crippen molar-refractivity contribution >= 4 is 5.97 Å². The Kier molecular flexibility index (Phi) is 5.88. The molecule has 2 atom stereocenters. The second-order valence-electron chi connectivity index (χ2n) is 10.1. The predicted molar refractivity (Wildman–Crippen MR) is 124 cm³/mol. The van der Waals surface area contributed by atoms with E-state index in [1.807, 2.05) is 12.1 Å². The number of methoxy groups -OCH3 is 1. The molecule has 2 aliphatic carbocycles. The van der Waals surface area contributed by atoms with Crippen LogP contribution in [0.15, 0.2) is 48.5 Å². The highest BCUT2D eigenvalue weighted by molar-refractivity contribution is 5.89. The van der Waals surface area contributed by atoms with Gasteiger partial charge in [0.15, 0.2) is 0 Å². The molecule has 2 aromatic carbocycles. The predicted octanol–water partition coefficient (Wildman–Crippen LogP) is 5.76. The molecule has 1 saturated carbocycles. The summed E-state index contributed by atoms with van der Waals surface area (Å²) in [6.07, 6.45) is 11.0. The minimum absolute atomic E-state index is 0.262. The van der Waals surface area contributed by atoms with Crippen LogP contribution < -0.4 is 0 Å². The van der Waals surface area contributed by atoms with E-state index in [1.165, 1.54) is 77.1 Å². The maximum absolute atomic E-state index is 11.6. The number of likely N-dealkylation sites (tertiary alicyclic amines) is 1. The third-order valence-electron chi connectivity index (χ3n) is 8.27. The molecule has 31 heavy (non-hydrogen) atoms. The Hall–Kier alpha value is -2.13. The third-order valence-corrected chi connectivity index (χ3v) is 8.27. The molecule has 2 unspecified atom stereocenters. The first kappa shape index (κ1) is 20.8. The average Bonchev–Trinajstić information content (AvgIpc) is 3.51. The number of rotatable bonds is 6. The zero-order chi connectivity index (χ0) is 21.3. The first-order valence-corrected chi connectivity index (χ1v) is 12.2. The first-order valence-electron chi connectivity index (χ1n) is 12.2. The fourth-order valence-electron chi connectivity index (χ4n) is 6.34. The van der Waals surface area contributed by atoms with Gasteiger partial charge in [0.05, 0.1) is 12.7 Å². The molecule has 0 N–H and O–H groups in total. The van der Waals surface area contributed by atoms with Gasteiger partial charge in [0.2, 0.25) is 0 Å². The normalized spacial score (nSPS) is 25.9. The van der Waals surface area contributed by atoms with Crippen molar-refractivity contribution in [3.8, 4) is 0 Å². The van der Waals surface area contributed by atoms with Gasteiger partial charge in [-0.05, 0) is 104 Å². The highest BCUT2D eigenvalue weighted by Crippen LogP contribution is 2.62. The number of aryl methyl sites for hydroxylation is 1. The summed E-state index contributed by atoms with van der Waals surface area (Å²) in [6.45, 7) is 3.38. The van der Waals surface area contributed by atoms with Crippen molar-refractivity contribution in [2.75, 3.05) is 20.2 Å². The minimum atomic E-state index is -0.262. The molecule has 2 fully saturated rings. The monoisotopic (exact) mass is 417 g/mol. The Morgan fingerprint density at radius 2 is 1.84 bits per heavy atom. The van der Waals surface area contributed by atoms with E-state index >= 15 is 0 Å².